The summed E-state index contributed by atoms with van der Waals surface area (Å²) in [4.78, 5) is 8.28. The van der Waals surface area contributed by atoms with E-state index in [1.54, 1.807) is 13.2 Å². The molecule has 0 radical (unpaired) electrons. The molecule has 0 amide bonds. The fourth-order valence-electron chi connectivity index (χ4n) is 1.80. The van der Waals surface area contributed by atoms with Gasteiger partial charge in [-0.1, -0.05) is 17.7 Å². The predicted molar refractivity (Wildman–Crippen MR) is 73.7 cm³/mol. The second kappa shape index (κ2) is 5.99. The predicted octanol–water partition coefficient (Wildman–Crippen LogP) is 3.69. The van der Waals surface area contributed by atoms with Crippen LogP contribution in [0.5, 0.6) is 11.6 Å². The Kier molecular flexibility index (Phi) is 4.35. The lowest BCUT2D eigenvalue weighted by Crippen LogP contribution is -1.99. The Labute approximate surface area is 117 Å². The van der Waals surface area contributed by atoms with Crippen molar-refractivity contribution >= 4 is 11.6 Å². The van der Waals surface area contributed by atoms with Gasteiger partial charge in [-0.25, -0.2) is 4.98 Å². The van der Waals surface area contributed by atoms with E-state index >= 15 is 0 Å². The molecule has 0 saturated carbocycles. The summed E-state index contributed by atoms with van der Waals surface area (Å²) in [5.74, 6) is 1.64. The SMILES string of the molecule is COCc1nc(Cl)cc(Oc2cc(C)cc(C)c2)n1. The molecule has 0 fully saturated rings. The maximum absolute atomic E-state index is 5.93. The van der Waals surface area contributed by atoms with Crippen LogP contribution in [0.1, 0.15) is 17.0 Å². The maximum atomic E-state index is 5.93. The van der Waals surface area contributed by atoms with Crippen LogP contribution < -0.4 is 4.74 Å². The van der Waals surface area contributed by atoms with Crippen LogP contribution in [0.3, 0.4) is 0 Å². The van der Waals surface area contributed by atoms with E-state index in [2.05, 4.69) is 16.0 Å². The third-order valence-electron chi connectivity index (χ3n) is 2.41. The van der Waals surface area contributed by atoms with Gasteiger partial charge in [-0.2, -0.15) is 4.98 Å². The van der Waals surface area contributed by atoms with Crippen molar-refractivity contribution in [3.63, 3.8) is 0 Å². The first-order valence-corrected chi connectivity index (χ1v) is 6.23. The number of ether oxygens (including phenoxy) is 2. The van der Waals surface area contributed by atoms with Crippen molar-refractivity contribution < 1.29 is 9.47 Å². The Balaban J connectivity index is 2.27. The molecule has 1 heterocycles. The fraction of sp³-hybridized carbons (Fsp3) is 0.286. The van der Waals surface area contributed by atoms with Crippen LogP contribution in [0.15, 0.2) is 24.3 Å². The van der Waals surface area contributed by atoms with Crippen LogP contribution in [0.4, 0.5) is 0 Å². The van der Waals surface area contributed by atoms with E-state index in [1.165, 1.54) is 0 Å². The number of rotatable bonds is 4. The van der Waals surface area contributed by atoms with Gasteiger partial charge in [0.15, 0.2) is 5.82 Å². The van der Waals surface area contributed by atoms with Crippen molar-refractivity contribution in [1.29, 1.82) is 0 Å². The molecule has 0 aliphatic rings. The highest BCUT2D eigenvalue weighted by atomic mass is 35.5. The van der Waals surface area contributed by atoms with Gasteiger partial charge in [0.05, 0.1) is 0 Å². The molecule has 100 valence electrons. The van der Waals surface area contributed by atoms with Crippen LogP contribution in [0.25, 0.3) is 0 Å². The Bertz CT molecular complexity index is 567. The number of aryl methyl sites for hydroxylation is 2. The van der Waals surface area contributed by atoms with Crippen molar-refractivity contribution in [1.82, 2.24) is 9.97 Å². The Hall–Kier alpha value is -1.65. The van der Waals surface area contributed by atoms with E-state index in [-0.39, 0.29) is 0 Å². The second-order valence-electron chi connectivity index (χ2n) is 4.30. The average molecular weight is 279 g/mol. The van der Waals surface area contributed by atoms with E-state index in [4.69, 9.17) is 21.1 Å². The Morgan fingerprint density at radius 3 is 2.37 bits per heavy atom. The third-order valence-corrected chi connectivity index (χ3v) is 2.60. The lowest BCUT2D eigenvalue weighted by atomic mass is 10.1. The smallest absolute Gasteiger partial charge is 0.224 e. The summed E-state index contributed by atoms with van der Waals surface area (Å²) < 4.78 is 10.7. The van der Waals surface area contributed by atoms with Gasteiger partial charge in [-0.15, -0.1) is 0 Å². The largest absolute Gasteiger partial charge is 0.439 e. The molecule has 0 N–H and O–H groups in total. The number of halogens is 1. The first-order valence-electron chi connectivity index (χ1n) is 5.85. The minimum atomic E-state index is 0.295. The maximum Gasteiger partial charge on any atom is 0.224 e. The molecular formula is C14H15ClN2O2. The van der Waals surface area contributed by atoms with Crippen LogP contribution in [0, 0.1) is 13.8 Å². The van der Waals surface area contributed by atoms with E-state index in [0.717, 1.165) is 16.9 Å². The van der Waals surface area contributed by atoms with E-state index in [0.29, 0.717) is 23.5 Å². The van der Waals surface area contributed by atoms with E-state index in [9.17, 15) is 0 Å². The molecule has 4 nitrogen and oxygen atoms in total. The highest BCUT2D eigenvalue weighted by Crippen LogP contribution is 2.24. The van der Waals surface area contributed by atoms with Crippen molar-refractivity contribution in [2.24, 2.45) is 0 Å². The third kappa shape index (κ3) is 3.91. The second-order valence-corrected chi connectivity index (χ2v) is 4.69. The van der Waals surface area contributed by atoms with Crippen LogP contribution in [-0.4, -0.2) is 17.1 Å². The molecule has 1 aromatic heterocycles. The number of hydrogen-bond donors (Lipinski definition) is 0. The number of methoxy groups -OCH3 is 1. The van der Waals surface area contributed by atoms with Crippen LogP contribution >= 0.6 is 11.6 Å². The molecule has 5 heteroatoms. The quantitative estimate of drug-likeness (QED) is 0.800. The number of nitrogens with zero attached hydrogens (tertiary/aromatic N) is 2. The van der Waals surface area contributed by atoms with Crippen molar-refractivity contribution in [3.8, 4) is 11.6 Å². The molecule has 0 spiro atoms. The number of benzene rings is 1. The monoisotopic (exact) mass is 278 g/mol. The van der Waals surface area contributed by atoms with Crippen LogP contribution in [-0.2, 0) is 11.3 Å². The molecule has 2 aromatic rings. The summed E-state index contributed by atoms with van der Waals surface area (Å²) in [5.41, 5.74) is 2.26. The molecule has 0 aliphatic carbocycles. The summed E-state index contributed by atoms with van der Waals surface area (Å²) >= 11 is 5.93. The summed E-state index contributed by atoms with van der Waals surface area (Å²) in [7, 11) is 1.58. The summed E-state index contributed by atoms with van der Waals surface area (Å²) in [6.45, 7) is 4.33. The van der Waals surface area contributed by atoms with Gasteiger partial charge in [0.25, 0.3) is 0 Å². The Morgan fingerprint density at radius 1 is 1.05 bits per heavy atom. The van der Waals surface area contributed by atoms with E-state index < -0.39 is 0 Å². The topological polar surface area (TPSA) is 44.2 Å². The molecule has 0 unspecified atom stereocenters. The zero-order valence-electron chi connectivity index (χ0n) is 11.1. The molecule has 19 heavy (non-hydrogen) atoms. The molecule has 1 aromatic carbocycles. The van der Waals surface area contributed by atoms with Crippen molar-refractivity contribution in [3.05, 3.63) is 46.4 Å². The zero-order chi connectivity index (χ0) is 13.8. The number of hydrogen-bond acceptors (Lipinski definition) is 4. The first-order chi connectivity index (χ1) is 9.06. The van der Waals surface area contributed by atoms with Crippen LogP contribution in [0.2, 0.25) is 5.15 Å². The average Bonchev–Trinajstić information content (AvgIpc) is 2.26. The summed E-state index contributed by atoms with van der Waals surface area (Å²) in [6, 6.07) is 7.55. The fourth-order valence-corrected chi connectivity index (χ4v) is 1.99. The lowest BCUT2D eigenvalue weighted by molar-refractivity contribution is 0.177. The molecule has 0 saturated heterocycles. The highest BCUT2D eigenvalue weighted by Gasteiger charge is 2.06. The van der Waals surface area contributed by atoms with Gasteiger partial charge in [-0.3, -0.25) is 0 Å². The molecular weight excluding hydrogens is 264 g/mol. The number of aromatic nitrogens is 2. The Morgan fingerprint density at radius 2 is 1.74 bits per heavy atom. The van der Waals surface area contributed by atoms with Gasteiger partial charge in [0.1, 0.15) is 17.5 Å². The van der Waals surface area contributed by atoms with Crippen molar-refractivity contribution in [2.75, 3.05) is 7.11 Å². The first kappa shape index (κ1) is 13.8. The van der Waals surface area contributed by atoms with Gasteiger partial charge in [0.2, 0.25) is 5.88 Å². The van der Waals surface area contributed by atoms with Gasteiger partial charge < -0.3 is 9.47 Å². The minimum Gasteiger partial charge on any atom is -0.439 e. The summed E-state index contributed by atoms with van der Waals surface area (Å²) in [6.07, 6.45) is 0. The highest BCUT2D eigenvalue weighted by molar-refractivity contribution is 6.29. The molecule has 2 rings (SSSR count). The molecule has 0 atom stereocenters. The summed E-state index contributed by atoms with van der Waals surface area (Å²) in [5, 5.41) is 0.335. The van der Waals surface area contributed by atoms with E-state index in [1.807, 2.05) is 26.0 Å². The van der Waals surface area contributed by atoms with Gasteiger partial charge >= 0.3 is 0 Å². The van der Waals surface area contributed by atoms with Crippen molar-refractivity contribution in [2.45, 2.75) is 20.5 Å². The molecule has 0 bridgehead atoms. The zero-order valence-corrected chi connectivity index (χ0v) is 11.9. The molecule has 0 aliphatic heterocycles. The minimum absolute atomic E-state index is 0.295. The van der Waals surface area contributed by atoms with Gasteiger partial charge in [0, 0.05) is 13.2 Å². The standard InChI is InChI=1S/C14H15ClN2O2/c1-9-4-10(2)6-11(5-9)19-14-7-12(15)16-13(17-14)8-18-3/h4-7H,8H2,1-3H3. The normalized spacial score (nSPS) is 10.5. The van der Waals surface area contributed by atoms with Gasteiger partial charge in [-0.05, 0) is 37.1 Å². The lowest BCUT2D eigenvalue weighted by Gasteiger charge is -2.08.